The predicted molar refractivity (Wildman–Crippen MR) is 159 cm³/mol. The molecule has 0 amide bonds. The molecule has 0 aliphatic heterocycles. The number of aromatic amines is 1. The van der Waals surface area contributed by atoms with Crippen LogP contribution in [0, 0.1) is 0 Å². The monoisotopic (exact) mass is 551 g/mol. The van der Waals surface area contributed by atoms with E-state index < -0.39 is 14.3 Å². The number of aromatic carboxylic acids is 1. The maximum absolute atomic E-state index is 13.1. The van der Waals surface area contributed by atoms with Crippen LogP contribution in [0.3, 0.4) is 0 Å². The van der Waals surface area contributed by atoms with Crippen molar-refractivity contribution in [3.63, 3.8) is 0 Å². The third-order valence-corrected chi connectivity index (χ3v) is 15.0. The second-order valence-corrected chi connectivity index (χ2v) is 17.8. The van der Waals surface area contributed by atoms with Gasteiger partial charge in [0.1, 0.15) is 5.56 Å². The lowest BCUT2D eigenvalue weighted by Crippen LogP contribution is -2.48. The van der Waals surface area contributed by atoms with Gasteiger partial charge in [-0.2, -0.15) is 9.61 Å². The molecule has 3 aromatic rings. The van der Waals surface area contributed by atoms with Gasteiger partial charge < -0.3 is 14.5 Å². The zero-order valence-corrected chi connectivity index (χ0v) is 25.6. The lowest BCUT2D eigenvalue weighted by Gasteiger charge is -2.42. The Labute approximate surface area is 233 Å². The summed E-state index contributed by atoms with van der Waals surface area (Å²) < 4.78 is 7.94. The van der Waals surface area contributed by atoms with Crippen LogP contribution in [-0.2, 0) is 4.43 Å². The molecule has 0 bridgehead atoms. The van der Waals surface area contributed by atoms with Crippen LogP contribution in [0.25, 0.3) is 16.9 Å². The van der Waals surface area contributed by atoms with Gasteiger partial charge in [0.2, 0.25) is 0 Å². The highest BCUT2D eigenvalue weighted by Crippen LogP contribution is 2.43. The minimum absolute atomic E-state index is 0.0368. The zero-order chi connectivity index (χ0) is 28.5. The van der Waals surface area contributed by atoms with E-state index in [1.807, 2.05) is 19.1 Å². The molecule has 1 aliphatic carbocycles. The van der Waals surface area contributed by atoms with E-state index >= 15 is 0 Å². The number of rotatable bonds is 10. The number of hydrogen-bond acceptors (Lipinski definition) is 4. The van der Waals surface area contributed by atoms with E-state index in [9.17, 15) is 14.7 Å². The van der Waals surface area contributed by atoms with E-state index in [2.05, 4.69) is 63.8 Å². The second-order valence-electron chi connectivity index (χ2n) is 12.3. The molecule has 1 aliphatic rings. The Morgan fingerprint density at radius 1 is 1.03 bits per heavy atom. The van der Waals surface area contributed by atoms with E-state index in [4.69, 9.17) is 4.43 Å². The van der Waals surface area contributed by atoms with Crippen LogP contribution in [0.5, 0.6) is 0 Å². The maximum Gasteiger partial charge on any atom is 0.341 e. The predicted octanol–water partition coefficient (Wildman–Crippen LogP) is 7.73. The van der Waals surface area contributed by atoms with Gasteiger partial charge in [-0.1, -0.05) is 92.0 Å². The third-order valence-electron chi connectivity index (χ3n) is 8.91. The van der Waals surface area contributed by atoms with Crippen molar-refractivity contribution in [1.82, 2.24) is 14.6 Å². The Morgan fingerprint density at radius 3 is 2.15 bits per heavy atom. The standard InChI is InChI=1S/C31H45N3O4Si/c1-19(2)39(20(3)4,21(5)6)38-18-22(7)29-28(31(36)37)30-32-26(17-27(35)34(30)33-29)25-15-13-24(14-16-25)23-11-9-8-10-12-23/h13-17,19-23,32H,8-12,18H2,1-7H3,(H,36,37). The Kier molecular flexibility index (Phi) is 8.86. The molecule has 39 heavy (non-hydrogen) atoms. The summed E-state index contributed by atoms with van der Waals surface area (Å²) in [6.45, 7) is 15.7. The molecule has 7 nitrogen and oxygen atoms in total. The lowest BCUT2D eigenvalue weighted by atomic mass is 9.84. The highest BCUT2D eigenvalue weighted by Gasteiger charge is 2.45. The summed E-state index contributed by atoms with van der Waals surface area (Å²) in [5.41, 5.74) is 4.29. The summed E-state index contributed by atoms with van der Waals surface area (Å²) >= 11 is 0. The van der Waals surface area contributed by atoms with Gasteiger partial charge >= 0.3 is 5.97 Å². The number of carboxylic acid groups (broad SMARTS) is 1. The third kappa shape index (κ3) is 5.64. The zero-order valence-electron chi connectivity index (χ0n) is 24.6. The first-order chi connectivity index (χ1) is 18.5. The van der Waals surface area contributed by atoms with Gasteiger partial charge in [-0.25, -0.2) is 4.79 Å². The van der Waals surface area contributed by atoms with E-state index in [0.29, 0.717) is 40.5 Å². The summed E-state index contributed by atoms with van der Waals surface area (Å²) in [4.78, 5) is 28.9. The highest BCUT2D eigenvalue weighted by atomic mass is 28.4. The maximum atomic E-state index is 13.1. The smallest absolute Gasteiger partial charge is 0.341 e. The number of aromatic nitrogens is 3. The fourth-order valence-electron chi connectivity index (χ4n) is 6.99. The second kappa shape index (κ2) is 11.8. The Balaban J connectivity index is 1.68. The van der Waals surface area contributed by atoms with Gasteiger partial charge in [0.25, 0.3) is 5.56 Å². The average molecular weight is 552 g/mol. The molecule has 0 radical (unpaired) electrons. The van der Waals surface area contributed by atoms with Crippen LogP contribution in [0.15, 0.2) is 35.1 Å². The minimum Gasteiger partial charge on any atom is -0.477 e. The quantitative estimate of drug-likeness (QED) is 0.251. The van der Waals surface area contributed by atoms with Crippen molar-refractivity contribution < 1.29 is 14.3 Å². The van der Waals surface area contributed by atoms with E-state index in [1.54, 1.807) is 0 Å². The van der Waals surface area contributed by atoms with E-state index in [-0.39, 0.29) is 22.7 Å². The number of carbonyl (C=O) groups is 1. The van der Waals surface area contributed by atoms with Crippen LogP contribution in [-0.4, -0.2) is 40.6 Å². The van der Waals surface area contributed by atoms with Crippen molar-refractivity contribution in [2.24, 2.45) is 0 Å². The molecule has 0 saturated heterocycles. The van der Waals surface area contributed by atoms with Crippen molar-refractivity contribution in [3.05, 3.63) is 57.5 Å². The van der Waals surface area contributed by atoms with Gasteiger partial charge in [0, 0.05) is 18.6 Å². The van der Waals surface area contributed by atoms with Gasteiger partial charge in [-0.15, -0.1) is 0 Å². The van der Waals surface area contributed by atoms with Crippen LogP contribution in [0.1, 0.15) is 114 Å². The van der Waals surface area contributed by atoms with Crippen molar-refractivity contribution in [2.45, 2.75) is 109 Å². The number of nitrogens with one attached hydrogen (secondary N) is 1. The molecule has 2 heterocycles. The van der Waals surface area contributed by atoms with Crippen molar-refractivity contribution in [1.29, 1.82) is 0 Å². The Morgan fingerprint density at radius 2 is 1.62 bits per heavy atom. The number of benzene rings is 1. The number of carboxylic acids is 1. The Hall–Kier alpha value is -2.71. The molecule has 1 saturated carbocycles. The molecule has 2 aromatic heterocycles. The van der Waals surface area contributed by atoms with E-state index in [1.165, 1.54) is 48.2 Å². The lowest BCUT2D eigenvalue weighted by molar-refractivity contribution is 0.0696. The molecular weight excluding hydrogens is 506 g/mol. The van der Waals surface area contributed by atoms with Gasteiger partial charge in [0.15, 0.2) is 14.0 Å². The van der Waals surface area contributed by atoms with Crippen LogP contribution in [0.4, 0.5) is 0 Å². The molecule has 1 atom stereocenters. The molecule has 1 unspecified atom stereocenters. The fraction of sp³-hybridized carbons (Fsp3) is 0.581. The SMILES string of the molecule is CC(CO[Si](C(C)C)(C(C)C)C(C)C)c1nn2c(=O)cc(-c3ccc(C4CCCCC4)cc3)[nH]c2c1C(=O)O. The van der Waals surface area contributed by atoms with Crippen molar-refractivity contribution in [3.8, 4) is 11.3 Å². The topological polar surface area (TPSA) is 96.7 Å². The number of nitrogens with zero attached hydrogens (tertiary/aromatic N) is 2. The molecule has 212 valence electrons. The van der Waals surface area contributed by atoms with Gasteiger partial charge in [0.05, 0.1) is 11.4 Å². The van der Waals surface area contributed by atoms with Gasteiger partial charge in [-0.3, -0.25) is 4.79 Å². The first-order valence-corrected chi connectivity index (χ1v) is 16.7. The summed E-state index contributed by atoms with van der Waals surface area (Å²) in [5, 5.41) is 14.7. The number of H-pyrrole nitrogens is 1. The number of hydrogen-bond donors (Lipinski definition) is 2. The molecule has 2 N–H and O–H groups in total. The van der Waals surface area contributed by atoms with Crippen LogP contribution in [0.2, 0.25) is 16.6 Å². The molecule has 8 heteroatoms. The van der Waals surface area contributed by atoms with E-state index in [0.717, 1.165) is 5.56 Å². The van der Waals surface area contributed by atoms with Crippen molar-refractivity contribution >= 4 is 19.9 Å². The Bertz CT molecular complexity index is 1330. The molecule has 4 rings (SSSR count). The summed E-state index contributed by atoms with van der Waals surface area (Å²) in [6, 6.07) is 9.82. The largest absolute Gasteiger partial charge is 0.477 e. The first kappa shape index (κ1) is 29.3. The van der Waals surface area contributed by atoms with Crippen LogP contribution >= 0.6 is 0 Å². The molecule has 1 aromatic carbocycles. The first-order valence-electron chi connectivity index (χ1n) is 14.6. The minimum atomic E-state index is -2.14. The van der Waals surface area contributed by atoms with Gasteiger partial charge in [-0.05, 0) is 46.5 Å². The molecule has 0 spiro atoms. The van der Waals surface area contributed by atoms with Crippen LogP contribution < -0.4 is 5.56 Å². The average Bonchev–Trinajstić information content (AvgIpc) is 3.29. The summed E-state index contributed by atoms with van der Waals surface area (Å²) in [6.07, 6.45) is 6.31. The summed E-state index contributed by atoms with van der Waals surface area (Å²) in [5.74, 6) is -0.796. The summed E-state index contributed by atoms with van der Waals surface area (Å²) in [7, 11) is -2.14. The molecular formula is C31H45N3O4Si. The normalized spacial score (nSPS) is 16.1. The molecule has 1 fully saturated rings. The fourth-order valence-corrected chi connectivity index (χ4v) is 12.5. The number of fused-ring (bicyclic) bond motifs is 1. The van der Waals surface area contributed by atoms with Crippen molar-refractivity contribution in [2.75, 3.05) is 6.61 Å². The highest BCUT2D eigenvalue weighted by molar-refractivity contribution is 6.77.